The van der Waals surface area contributed by atoms with E-state index in [1.165, 1.54) is 0 Å². The minimum Gasteiger partial charge on any atom is -0.483 e. The van der Waals surface area contributed by atoms with Crippen LogP contribution in [0.1, 0.15) is 68.1 Å². The molecule has 5 aromatic rings. The molecule has 272 valence electrons. The van der Waals surface area contributed by atoms with Gasteiger partial charge in [-0.1, -0.05) is 35.3 Å². The van der Waals surface area contributed by atoms with Crippen molar-refractivity contribution < 1.29 is 18.7 Å². The van der Waals surface area contributed by atoms with Crippen molar-refractivity contribution in [3.63, 3.8) is 0 Å². The number of benzene rings is 2. The summed E-state index contributed by atoms with van der Waals surface area (Å²) in [6.45, 7) is 4.88. The third kappa shape index (κ3) is 5.45. The summed E-state index contributed by atoms with van der Waals surface area (Å²) in [7, 11) is 1.57. The molecule has 2 saturated carbocycles. The van der Waals surface area contributed by atoms with Gasteiger partial charge in [-0.3, -0.25) is 4.79 Å². The van der Waals surface area contributed by atoms with Crippen LogP contribution in [0.15, 0.2) is 48.7 Å². The maximum absolute atomic E-state index is 17.2. The van der Waals surface area contributed by atoms with Gasteiger partial charge in [-0.2, -0.15) is 5.26 Å². The fourth-order valence-electron chi connectivity index (χ4n) is 9.18. The average molecular weight is 754 g/mol. The third-order valence-electron chi connectivity index (χ3n) is 11.9. The second-order valence-electron chi connectivity index (χ2n) is 15.0. The van der Waals surface area contributed by atoms with Crippen molar-refractivity contribution in [1.29, 1.82) is 5.26 Å². The third-order valence-corrected chi connectivity index (χ3v) is 12.7. The molecule has 1 amide bonds. The fourth-order valence-corrected chi connectivity index (χ4v) is 9.57. The molecule has 2 aliphatic carbocycles. The molecular weight excluding hydrogens is 714 g/mol. The maximum atomic E-state index is 17.2. The number of nitrogens with one attached hydrogen (secondary N) is 1. The summed E-state index contributed by atoms with van der Waals surface area (Å²) in [6.07, 6.45) is 5.25. The van der Waals surface area contributed by atoms with E-state index in [0.29, 0.717) is 63.2 Å². The average Bonchev–Trinajstić information content (AvgIpc) is 3.41. The molecule has 3 aliphatic heterocycles. The van der Waals surface area contributed by atoms with Gasteiger partial charge in [0.25, 0.3) is 5.88 Å². The van der Waals surface area contributed by atoms with E-state index in [9.17, 15) is 10.1 Å². The molecule has 2 aromatic carbocycles. The molecule has 5 aliphatic rings. The summed E-state index contributed by atoms with van der Waals surface area (Å²) in [5.41, 5.74) is 4.28. The molecule has 9 nitrogen and oxygen atoms in total. The monoisotopic (exact) mass is 752 g/mol. The maximum Gasteiger partial charge on any atom is 0.256 e. The van der Waals surface area contributed by atoms with Crippen molar-refractivity contribution in [2.24, 2.45) is 11.8 Å². The number of carbonyl (C=O) groups excluding carboxylic acids is 1. The van der Waals surface area contributed by atoms with Crippen molar-refractivity contribution in [3.05, 3.63) is 81.5 Å². The number of likely N-dealkylation sites (tertiary alicyclic amines) is 1. The molecule has 0 radical (unpaired) electrons. The molecule has 3 saturated heterocycles. The van der Waals surface area contributed by atoms with E-state index in [0.717, 1.165) is 42.4 Å². The lowest BCUT2D eigenvalue weighted by molar-refractivity contribution is -0.136. The molecule has 0 spiro atoms. The van der Waals surface area contributed by atoms with E-state index in [-0.39, 0.29) is 59.1 Å². The van der Waals surface area contributed by atoms with Gasteiger partial charge in [0.2, 0.25) is 5.91 Å². The molecule has 3 aromatic heterocycles. The Balaban J connectivity index is 1.27. The van der Waals surface area contributed by atoms with Gasteiger partial charge in [-0.05, 0) is 81.3 Å². The number of nitrogens with zero attached hydrogens (tertiary/aromatic N) is 5. The highest BCUT2D eigenvalue weighted by molar-refractivity contribution is 6.43. The molecule has 12 heteroatoms. The fraction of sp³-hybridized carbons (Fsp3) is 0.415. The number of methoxy groups -OCH3 is 1. The Morgan fingerprint density at radius 3 is 2.70 bits per heavy atom. The lowest BCUT2D eigenvalue weighted by atomic mass is 9.79. The Hall–Kier alpha value is -4.43. The first-order valence-electron chi connectivity index (χ1n) is 18.4. The van der Waals surface area contributed by atoms with E-state index in [2.05, 4.69) is 33.9 Å². The number of aromatic nitrogens is 3. The predicted octanol–water partition coefficient (Wildman–Crippen LogP) is 8.52. The van der Waals surface area contributed by atoms with Crippen molar-refractivity contribution in [2.75, 3.05) is 13.7 Å². The summed E-state index contributed by atoms with van der Waals surface area (Å²) in [4.78, 5) is 25.6. The molecule has 10 rings (SSSR count). The zero-order valence-corrected chi connectivity index (χ0v) is 31.2. The number of pyridine rings is 2. The molecule has 2 bridgehead atoms. The number of fused-ring (bicyclic) bond motifs is 4. The van der Waals surface area contributed by atoms with Crippen LogP contribution < -0.4 is 14.8 Å². The molecule has 6 heterocycles. The van der Waals surface area contributed by atoms with E-state index in [1.54, 1.807) is 31.5 Å². The van der Waals surface area contributed by atoms with Crippen LogP contribution in [0.4, 0.5) is 4.39 Å². The summed E-state index contributed by atoms with van der Waals surface area (Å²) in [5.74, 6) is 0.982. The number of hydrogen-bond donors (Lipinski definition) is 1. The molecule has 6 atom stereocenters. The standard InChI is InChI=1S/C41H39Cl2FN6O3/c1-20-26-17-30(31-18-33(21(2)49(31)41(51)22-11-12-22)53-32-10-6-14-46-40(32)52-3)50(38-24-16-29(38)47-19-24)39(26)27-15-23(7-5-13-45)34(36(44)37(27)48-20)25-8-4-9-28(42)35(25)43/h4,6,8-10,14-15,17,21-22,24,29,31,33,38,47H,5,7,11-12,16,18-19H2,1-3H3/t21-,24-,29-,31-,33+,38+/m1/s1. The summed E-state index contributed by atoms with van der Waals surface area (Å²) in [6, 6.07) is 15.1. The van der Waals surface area contributed by atoms with E-state index >= 15 is 4.39 Å². The Kier molecular flexibility index (Phi) is 8.52. The lowest BCUT2D eigenvalue weighted by Gasteiger charge is -2.39. The predicted molar refractivity (Wildman–Crippen MR) is 202 cm³/mol. The topological polar surface area (TPSA) is 105 Å². The second-order valence-corrected chi connectivity index (χ2v) is 15.7. The summed E-state index contributed by atoms with van der Waals surface area (Å²) in [5, 5.41) is 15.5. The van der Waals surface area contributed by atoms with Gasteiger partial charge in [-0.15, -0.1) is 0 Å². The van der Waals surface area contributed by atoms with Gasteiger partial charge in [0.15, 0.2) is 11.6 Å². The van der Waals surface area contributed by atoms with Crippen LogP contribution >= 0.6 is 23.2 Å². The molecule has 53 heavy (non-hydrogen) atoms. The Labute approximate surface area is 317 Å². The SMILES string of the molecule is COc1ncccc1O[C@H]1C[C@H](c2cc3c(C)nc4c(F)c(-c5cccc(Cl)c5Cl)c(CCC#N)cc4c3n2[C@H]2[C@H]3CN[C@@H]2C3)N(C(=O)C2CC2)[C@@H]1C. The highest BCUT2D eigenvalue weighted by atomic mass is 35.5. The Morgan fingerprint density at radius 2 is 1.98 bits per heavy atom. The van der Waals surface area contributed by atoms with Gasteiger partial charge in [-0.25, -0.2) is 14.4 Å². The van der Waals surface area contributed by atoms with Crippen LogP contribution in [0.2, 0.25) is 10.0 Å². The van der Waals surface area contributed by atoms with Crippen LogP contribution in [-0.2, 0) is 11.2 Å². The largest absolute Gasteiger partial charge is 0.483 e. The van der Waals surface area contributed by atoms with Gasteiger partial charge < -0.3 is 24.3 Å². The molecule has 0 unspecified atom stereocenters. The number of rotatable bonds is 9. The van der Waals surface area contributed by atoms with Gasteiger partial charge in [0.05, 0.1) is 46.9 Å². The highest BCUT2D eigenvalue weighted by Gasteiger charge is 2.52. The number of nitriles is 1. The van der Waals surface area contributed by atoms with Crippen LogP contribution in [0, 0.1) is 35.9 Å². The molecule has 1 N–H and O–H groups in total. The number of carbonyl (C=O) groups is 1. The quantitative estimate of drug-likeness (QED) is 0.161. The van der Waals surface area contributed by atoms with Crippen molar-refractivity contribution >= 4 is 50.9 Å². The molecule has 5 fully saturated rings. The number of halogens is 3. The normalized spacial score (nSPS) is 24.8. The first-order valence-corrected chi connectivity index (χ1v) is 19.1. The summed E-state index contributed by atoms with van der Waals surface area (Å²) < 4.78 is 31.8. The van der Waals surface area contributed by atoms with E-state index in [1.807, 2.05) is 30.0 Å². The Morgan fingerprint density at radius 1 is 1.15 bits per heavy atom. The van der Waals surface area contributed by atoms with Crippen molar-refractivity contribution in [1.82, 2.24) is 24.8 Å². The summed E-state index contributed by atoms with van der Waals surface area (Å²) >= 11 is 13.1. The van der Waals surface area contributed by atoms with Crippen LogP contribution in [0.3, 0.4) is 0 Å². The number of amides is 1. The first kappa shape index (κ1) is 34.3. The Bertz CT molecular complexity index is 2340. The van der Waals surface area contributed by atoms with Gasteiger partial charge in [0, 0.05) is 70.8 Å². The minimum absolute atomic E-state index is 0.00348. The highest BCUT2D eigenvalue weighted by Crippen LogP contribution is 2.52. The van der Waals surface area contributed by atoms with Gasteiger partial charge in [0.1, 0.15) is 11.6 Å². The zero-order valence-electron chi connectivity index (χ0n) is 29.7. The number of hydrogen-bond acceptors (Lipinski definition) is 7. The van der Waals surface area contributed by atoms with Crippen LogP contribution in [-0.4, -0.2) is 57.2 Å². The van der Waals surface area contributed by atoms with Crippen LogP contribution in [0.25, 0.3) is 32.9 Å². The number of ether oxygens (including phenoxy) is 2. The van der Waals surface area contributed by atoms with E-state index in [4.69, 9.17) is 37.7 Å². The second kappa shape index (κ2) is 13.2. The minimum atomic E-state index is -0.493. The molecular formula is C41H39Cl2FN6O3. The van der Waals surface area contributed by atoms with E-state index < -0.39 is 5.82 Å². The van der Waals surface area contributed by atoms with Crippen molar-refractivity contribution in [3.8, 4) is 28.8 Å². The number of aryl methyl sites for hydroxylation is 2. The van der Waals surface area contributed by atoms with Crippen LogP contribution in [0.5, 0.6) is 11.6 Å². The van der Waals surface area contributed by atoms with Gasteiger partial charge >= 0.3 is 0 Å². The smallest absolute Gasteiger partial charge is 0.256 e. The van der Waals surface area contributed by atoms with Crippen molar-refractivity contribution in [2.45, 2.75) is 82.6 Å². The lowest BCUT2D eigenvalue weighted by Crippen LogP contribution is -2.43. The zero-order chi connectivity index (χ0) is 36.7. The first-order chi connectivity index (χ1) is 25.7.